The molecule has 1 aliphatic rings. The Morgan fingerprint density at radius 2 is 1.92 bits per heavy atom. The van der Waals surface area contributed by atoms with Gasteiger partial charge in [0.25, 0.3) is 5.56 Å². The molecule has 1 aliphatic heterocycles. The van der Waals surface area contributed by atoms with Crippen LogP contribution in [0.15, 0.2) is 44.4 Å². The van der Waals surface area contributed by atoms with Crippen LogP contribution in [0.5, 0.6) is 11.5 Å². The number of halogens is 1. The Kier molecular flexibility index (Phi) is 6.23. The number of amides is 1. The number of nitrogens with one attached hydrogen (secondary N) is 1. The first kappa shape index (κ1) is 23.6. The molecule has 0 atom stereocenters. The summed E-state index contributed by atoms with van der Waals surface area (Å²) < 4.78 is 18.3. The third-order valence-electron chi connectivity index (χ3n) is 5.90. The van der Waals surface area contributed by atoms with Crippen LogP contribution < -0.4 is 26.0 Å². The lowest BCUT2D eigenvalue weighted by atomic mass is 10.2. The minimum Gasteiger partial charge on any atom is -0.454 e. The largest absolute Gasteiger partial charge is 0.454 e. The summed E-state index contributed by atoms with van der Waals surface area (Å²) in [6, 6.07) is 8.24. The van der Waals surface area contributed by atoms with Gasteiger partial charge in [0.15, 0.2) is 17.3 Å². The number of carbonyl (C=O) groups excluding carboxylic acids is 1. The van der Waals surface area contributed by atoms with E-state index >= 15 is 0 Å². The van der Waals surface area contributed by atoms with Crippen molar-refractivity contribution >= 4 is 34.1 Å². The first-order valence-corrected chi connectivity index (χ1v) is 11.6. The van der Waals surface area contributed by atoms with E-state index in [2.05, 4.69) is 15.5 Å². The smallest absolute Gasteiger partial charge is 0.331 e. The van der Waals surface area contributed by atoms with Crippen LogP contribution in [-0.4, -0.2) is 32.0 Å². The quantitative estimate of drug-likeness (QED) is 0.401. The highest BCUT2D eigenvalue weighted by atomic mass is 35.5. The Bertz CT molecular complexity index is 1610. The van der Waals surface area contributed by atoms with Gasteiger partial charge in [0.05, 0.1) is 10.9 Å². The molecule has 0 aliphatic carbocycles. The van der Waals surface area contributed by atoms with Crippen molar-refractivity contribution in [2.75, 3.05) is 12.1 Å². The molecule has 3 heterocycles. The molecule has 1 amide bonds. The monoisotopic (exact) mass is 511 g/mol. The molecule has 2 aromatic heterocycles. The molecule has 0 radical (unpaired) electrons. The van der Waals surface area contributed by atoms with Crippen LogP contribution in [0.4, 0.5) is 5.69 Å². The maximum Gasteiger partial charge on any atom is 0.331 e. The Hall–Kier alpha value is -4.12. The average Bonchev–Trinajstić information content (AvgIpc) is 3.49. The van der Waals surface area contributed by atoms with E-state index in [-0.39, 0.29) is 30.8 Å². The fourth-order valence-corrected chi connectivity index (χ4v) is 4.24. The van der Waals surface area contributed by atoms with Gasteiger partial charge >= 0.3 is 5.69 Å². The Morgan fingerprint density at radius 3 is 2.67 bits per heavy atom. The summed E-state index contributed by atoms with van der Waals surface area (Å²) in [5.74, 6) is 1.27. The summed E-state index contributed by atoms with van der Waals surface area (Å²) in [5.41, 5.74) is 0.402. The molecule has 0 spiro atoms. The minimum atomic E-state index is -0.619. The van der Waals surface area contributed by atoms with Crippen LogP contribution in [0.3, 0.4) is 0 Å². The zero-order valence-corrected chi connectivity index (χ0v) is 20.3. The predicted octanol–water partition coefficient (Wildman–Crippen LogP) is 2.82. The number of anilines is 1. The van der Waals surface area contributed by atoms with Crippen molar-refractivity contribution in [2.24, 2.45) is 0 Å². The van der Waals surface area contributed by atoms with E-state index in [0.29, 0.717) is 52.3 Å². The van der Waals surface area contributed by atoms with Gasteiger partial charge in [0.2, 0.25) is 18.6 Å². The van der Waals surface area contributed by atoms with Crippen LogP contribution in [-0.2, 0) is 24.3 Å². The first-order valence-electron chi connectivity index (χ1n) is 11.2. The number of hydrogen-bond acceptors (Lipinski definition) is 8. The van der Waals surface area contributed by atoms with Crippen LogP contribution in [0.25, 0.3) is 10.9 Å². The number of fused-ring (bicyclic) bond motifs is 2. The molecular formula is C24H22ClN5O6. The first-order chi connectivity index (χ1) is 17.3. The van der Waals surface area contributed by atoms with Crippen molar-refractivity contribution in [2.45, 2.75) is 39.8 Å². The van der Waals surface area contributed by atoms with Crippen LogP contribution >= 0.6 is 11.6 Å². The average molecular weight is 512 g/mol. The number of carbonyl (C=O) groups is 1. The van der Waals surface area contributed by atoms with E-state index in [0.717, 1.165) is 4.57 Å². The third-order valence-corrected chi connectivity index (χ3v) is 6.31. The fraction of sp³-hybridized carbons (Fsp3) is 0.292. The highest BCUT2D eigenvalue weighted by molar-refractivity contribution is 6.31. The second kappa shape index (κ2) is 9.50. The highest BCUT2D eigenvalue weighted by Gasteiger charge is 2.22. The van der Waals surface area contributed by atoms with Gasteiger partial charge < -0.3 is 19.3 Å². The molecule has 5 rings (SSSR count). The normalized spacial score (nSPS) is 12.3. The molecule has 4 aromatic rings. The van der Waals surface area contributed by atoms with Crippen LogP contribution in [0.2, 0.25) is 5.02 Å². The van der Waals surface area contributed by atoms with Gasteiger partial charge in [-0.1, -0.05) is 22.8 Å². The number of benzene rings is 2. The van der Waals surface area contributed by atoms with Crippen molar-refractivity contribution in [3.05, 3.63) is 73.5 Å². The zero-order valence-electron chi connectivity index (χ0n) is 19.5. The summed E-state index contributed by atoms with van der Waals surface area (Å²) >= 11 is 6.16. The van der Waals surface area contributed by atoms with Crippen molar-refractivity contribution in [3.63, 3.8) is 0 Å². The number of aromatic nitrogens is 4. The summed E-state index contributed by atoms with van der Waals surface area (Å²) in [5, 5.41) is 7.28. The maximum absolute atomic E-state index is 13.5. The highest BCUT2D eigenvalue weighted by Crippen LogP contribution is 2.34. The molecule has 0 bridgehead atoms. The van der Waals surface area contributed by atoms with E-state index in [9.17, 15) is 14.4 Å². The molecular weight excluding hydrogens is 490 g/mol. The molecule has 12 heteroatoms. The molecule has 0 saturated carbocycles. The predicted molar refractivity (Wildman–Crippen MR) is 131 cm³/mol. The lowest BCUT2D eigenvalue weighted by molar-refractivity contribution is -0.116. The number of nitrogens with zero attached hydrogens (tertiary/aromatic N) is 4. The van der Waals surface area contributed by atoms with Crippen molar-refractivity contribution in [1.29, 1.82) is 0 Å². The SMILES string of the molecule is Cc1noc(CCCn2c(=O)c3cc4c(cc3n(CC(=O)Nc3cccc(Cl)c3C)c2=O)OCO4)n1. The minimum absolute atomic E-state index is 0.00219. The van der Waals surface area contributed by atoms with Gasteiger partial charge in [-0.15, -0.1) is 0 Å². The number of aryl methyl sites for hydroxylation is 2. The maximum atomic E-state index is 13.5. The molecule has 186 valence electrons. The van der Waals surface area contributed by atoms with E-state index in [1.54, 1.807) is 38.1 Å². The van der Waals surface area contributed by atoms with E-state index in [4.69, 9.17) is 25.6 Å². The van der Waals surface area contributed by atoms with Gasteiger partial charge in [-0.2, -0.15) is 4.98 Å². The molecule has 0 fully saturated rings. The second-order valence-corrected chi connectivity index (χ2v) is 8.75. The van der Waals surface area contributed by atoms with Gasteiger partial charge in [-0.25, -0.2) is 4.79 Å². The Balaban J connectivity index is 1.51. The molecule has 1 N–H and O–H groups in total. The van der Waals surface area contributed by atoms with Crippen LogP contribution in [0, 0.1) is 13.8 Å². The Labute approximate surface area is 209 Å². The van der Waals surface area contributed by atoms with E-state index in [1.165, 1.54) is 10.6 Å². The number of rotatable bonds is 7. The zero-order chi connectivity index (χ0) is 25.4. The van der Waals surface area contributed by atoms with Crippen molar-refractivity contribution < 1.29 is 18.8 Å². The molecule has 11 nitrogen and oxygen atoms in total. The van der Waals surface area contributed by atoms with Gasteiger partial charge in [0, 0.05) is 29.7 Å². The second-order valence-electron chi connectivity index (χ2n) is 8.35. The summed E-state index contributed by atoms with van der Waals surface area (Å²) in [4.78, 5) is 43.9. The lowest BCUT2D eigenvalue weighted by Crippen LogP contribution is -2.42. The standard InChI is InChI=1S/C24H22ClN5O6/c1-13-16(25)5-3-6-17(13)27-21(31)11-30-18-10-20-19(34-12-35-20)9-15(18)23(32)29(24(30)33)8-4-7-22-26-14(2)28-36-22/h3,5-6,9-10H,4,7-8,11-12H2,1-2H3,(H,27,31). The third kappa shape index (κ3) is 4.44. The summed E-state index contributed by atoms with van der Waals surface area (Å²) in [7, 11) is 0. The molecule has 36 heavy (non-hydrogen) atoms. The van der Waals surface area contributed by atoms with Crippen molar-refractivity contribution in [3.8, 4) is 11.5 Å². The van der Waals surface area contributed by atoms with Gasteiger partial charge in [-0.05, 0) is 44.0 Å². The molecule has 0 saturated heterocycles. The summed E-state index contributed by atoms with van der Waals surface area (Å²) in [6.07, 6.45) is 0.793. The summed E-state index contributed by atoms with van der Waals surface area (Å²) in [6.45, 7) is 3.26. The Morgan fingerprint density at radius 1 is 1.14 bits per heavy atom. The van der Waals surface area contributed by atoms with E-state index < -0.39 is 17.2 Å². The fourth-order valence-electron chi connectivity index (χ4n) is 4.06. The number of hydrogen-bond donors (Lipinski definition) is 1. The number of ether oxygens (including phenoxy) is 2. The van der Waals surface area contributed by atoms with E-state index in [1.807, 2.05) is 0 Å². The topological polar surface area (TPSA) is 130 Å². The molecule has 0 unspecified atom stereocenters. The molecule has 2 aromatic carbocycles. The van der Waals surface area contributed by atoms with Crippen LogP contribution in [0.1, 0.15) is 23.7 Å². The van der Waals surface area contributed by atoms with Gasteiger partial charge in [0.1, 0.15) is 6.54 Å². The lowest BCUT2D eigenvalue weighted by Gasteiger charge is -2.15. The van der Waals surface area contributed by atoms with Gasteiger partial charge in [-0.3, -0.25) is 18.7 Å². The van der Waals surface area contributed by atoms with Crippen molar-refractivity contribution in [1.82, 2.24) is 19.3 Å².